The molecule has 24 heavy (non-hydrogen) atoms. The number of aromatic nitrogens is 7. The first-order valence-corrected chi connectivity index (χ1v) is 8.35. The van der Waals surface area contributed by atoms with E-state index >= 15 is 0 Å². The maximum absolute atomic E-state index is 4.65. The second-order valence-electron chi connectivity index (χ2n) is 5.51. The Hall–Kier alpha value is -2.81. The highest BCUT2D eigenvalue weighted by atomic mass is 32.1. The minimum atomic E-state index is 0.591. The molecule has 1 N–H and O–H groups in total. The fourth-order valence-electron chi connectivity index (χ4n) is 2.45. The molecule has 0 saturated carbocycles. The molecule has 0 saturated heterocycles. The quantitative estimate of drug-likeness (QED) is 0.613. The largest absolute Gasteiger partial charge is 0.364 e. The summed E-state index contributed by atoms with van der Waals surface area (Å²) in [6, 6.07) is 1.96. The molecule has 4 aromatic rings. The molecule has 0 atom stereocenters. The third-order valence-electron chi connectivity index (χ3n) is 3.83. The van der Waals surface area contributed by atoms with Crippen molar-refractivity contribution < 1.29 is 0 Å². The zero-order valence-electron chi connectivity index (χ0n) is 13.6. The van der Waals surface area contributed by atoms with Gasteiger partial charge in [-0.25, -0.2) is 9.97 Å². The molecule has 4 aromatic heterocycles. The average Bonchev–Trinajstić information content (AvgIpc) is 3.28. The third kappa shape index (κ3) is 2.52. The lowest BCUT2D eigenvalue weighted by atomic mass is 10.2. The Labute approximate surface area is 142 Å². The van der Waals surface area contributed by atoms with E-state index in [4.69, 9.17) is 0 Å². The van der Waals surface area contributed by atoms with Gasteiger partial charge in [-0.1, -0.05) is 0 Å². The monoisotopic (exact) mass is 340 g/mol. The number of thiazole rings is 1. The molecule has 0 aliphatic heterocycles. The normalized spacial score (nSPS) is 11.3. The number of nitrogens with zero attached hydrogens (tertiary/aromatic N) is 7. The van der Waals surface area contributed by atoms with Gasteiger partial charge >= 0.3 is 0 Å². The molecule has 0 bridgehead atoms. The Morgan fingerprint density at radius 1 is 1.25 bits per heavy atom. The van der Waals surface area contributed by atoms with E-state index in [0.717, 1.165) is 33.5 Å². The zero-order chi connectivity index (χ0) is 16.7. The van der Waals surface area contributed by atoms with E-state index in [1.54, 1.807) is 20.5 Å². The SMILES string of the molecule is Cc1nc2ncnn2c(NCc2csc(-c3ccn(C)n3)n2)c1C. The maximum Gasteiger partial charge on any atom is 0.254 e. The molecule has 9 heteroatoms. The van der Waals surface area contributed by atoms with Gasteiger partial charge in [-0.3, -0.25) is 4.68 Å². The van der Waals surface area contributed by atoms with Crippen LogP contribution in [0, 0.1) is 13.8 Å². The first kappa shape index (κ1) is 14.8. The number of aryl methyl sites for hydroxylation is 2. The smallest absolute Gasteiger partial charge is 0.254 e. The van der Waals surface area contributed by atoms with Crippen LogP contribution in [-0.2, 0) is 13.6 Å². The molecule has 0 aromatic carbocycles. The Balaban J connectivity index is 1.59. The van der Waals surface area contributed by atoms with Crippen LogP contribution < -0.4 is 5.32 Å². The van der Waals surface area contributed by atoms with E-state index in [-0.39, 0.29) is 0 Å². The summed E-state index contributed by atoms with van der Waals surface area (Å²) in [7, 11) is 1.90. The molecule has 122 valence electrons. The fraction of sp³-hybridized carbons (Fsp3) is 0.267. The Kier molecular flexibility index (Phi) is 3.49. The Morgan fingerprint density at radius 2 is 2.12 bits per heavy atom. The summed E-state index contributed by atoms with van der Waals surface area (Å²) in [6.07, 6.45) is 3.42. The Bertz CT molecular complexity index is 1010. The van der Waals surface area contributed by atoms with E-state index in [1.807, 2.05) is 38.5 Å². The van der Waals surface area contributed by atoms with Gasteiger partial charge in [-0.2, -0.15) is 19.7 Å². The van der Waals surface area contributed by atoms with Crippen molar-refractivity contribution in [3.05, 3.63) is 40.9 Å². The van der Waals surface area contributed by atoms with Crippen LogP contribution in [0.5, 0.6) is 0 Å². The lowest BCUT2D eigenvalue weighted by Crippen LogP contribution is -2.10. The highest BCUT2D eigenvalue weighted by Gasteiger charge is 2.12. The summed E-state index contributed by atoms with van der Waals surface area (Å²) < 4.78 is 3.49. The van der Waals surface area contributed by atoms with Gasteiger partial charge in [-0.15, -0.1) is 11.3 Å². The molecular weight excluding hydrogens is 324 g/mol. The summed E-state index contributed by atoms with van der Waals surface area (Å²) in [5.74, 6) is 1.48. The second-order valence-corrected chi connectivity index (χ2v) is 6.37. The molecule has 0 spiro atoms. The van der Waals surface area contributed by atoms with Crippen molar-refractivity contribution in [2.75, 3.05) is 5.32 Å². The molecule has 0 aliphatic carbocycles. The van der Waals surface area contributed by atoms with Gasteiger partial charge in [-0.05, 0) is 19.9 Å². The van der Waals surface area contributed by atoms with Crippen molar-refractivity contribution in [2.24, 2.45) is 7.05 Å². The van der Waals surface area contributed by atoms with E-state index in [1.165, 1.54) is 6.33 Å². The number of anilines is 1. The summed E-state index contributed by atoms with van der Waals surface area (Å²) in [4.78, 5) is 13.2. The van der Waals surface area contributed by atoms with E-state index in [0.29, 0.717) is 12.3 Å². The maximum atomic E-state index is 4.65. The van der Waals surface area contributed by atoms with Crippen LogP contribution in [0.25, 0.3) is 16.5 Å². The molecule has 0 fully saturated rings. The number of fused-ring (bicyclic) bond motifs is 1. The minimum Gasteiger partial charge on any atom is -0.364 e. The predicted molar refractivity (Wildman–Crippen MR) is 91.9 cm³/mol. The van der Waals surface area contributed by atoms with Gasteiger partial charge in [0.1, 0.15) is 22.8 Å². The van der Waals surface area contributed by atoms with Crippen LogP contribution >= 0.6 is 11.3 Å². The molecule has 4 heterocycles. The third-order valence-corrected chi connectivity index (χ3v) is 4.74. The van der Waals surface area contributed by atoms with Crippen LogP contribution in [0.1, 0.15) is 17.0 Å². The van der Waals surface area contributed by atoms with Crippen LogP contribution in [0.2, 0.25) is 0 Å². The fourth-order valence-corrected chi connectivity index (χ4v) is 3.23. The standard InChI is InChI=1S/C15H16N8S/c1-9-10(2)19-15-17-8-18-23(15)13(9)16-6-11-7-24-14(20-11)12-4-5-22(3)21-12/h4-5,7-8,16H,6H2,1-3H3. The van der Waals surface area contributed by atoms with Crippen LogP contribution in [0.4, 0.5) is 5.82 Å². The van der Waals surface area contributed by atoms with Gasteiger partial charge in [0.15, 0.2) is 0 Å². The summed E-state index contributed by atoms with van der Waals surface area (Å²) in [5.41, 5.74) is 3.84. The van der Waals surface area contributed by atoms with Gasteiger partial charge in [0, 0.05) is 29.9 Å². The van der Waals surface area contributed by atoms with Gasteiger partial charge in [0.05, 0.1) is 12.2 Å². The van der Waals surface area contributed by atoms with Gasteiger partial charge in [0.25, 0.3) is 5.78 Å². The van der Waals surface area contributed by atoms with E-state index < -0.39 is 0 Å². The number of rotatable bonds is 4. The summed E-state index contributed by atoms with van der Waals surface area (Å²) in [5, 5.41) is 15.0. The second kappa shape index (κ2) is 5.68. The lowest BCUT2D eigenvalue weighted by molar-refractivity contribution is 0.770. The molecular formula is C15H16N8S. The number of hydrogen-bond donors (Lipinski definition) is 1. The molecule has 0 aliphatic rings. The van der Waals surface area contributed by atoms with Crippen LogP contribution in [0.15, 0.2) is 24.0 Å². The van der Waals surface area contributed by atoms with Crippen LogP contribution in [-0.4, -0.2) is 34.3 Å². The summed E-state index contributed by atoms with van der Waals surface area (Å²) >= 11 is 1.59. The van der Waals surface area contributed by atoms with Crippen molar-refractivity contribution in [2.45, 2.75) is 20.4 Å². The van der Waals surface area contributed by atoms with Crippen molar-refractivity contribution in [1.29, 1.82) is 0 Å². The van der Waals surface area contributed by atoms with Gasteiger partial charge in [0.2, 0.25) is 0 Å². The highest BCUT2D eigenvalue weighted by Crippen LogP contribution is 2.23. The molecule has 8 nitrogen and oxygen atoms in total. The topological polar surface area (TPSA) is 85.8 Å². The van der Waals surface area contributed by atoms with E-state index in [2.05, 4.69) is 30.5 Å². The van der Waals surface area contributed by atoms with Crippen molar-refractivity contribution in [3.63, 3.8) is 0 Å². The molecule has 0 unspecified atom stereocenters. The minimum absolute atomic E-state index is 0.591. The summed E-state index contributed by atoms with van der Waals surface area (Å²) in [6.45, 7) is 4.59. The highest BCUT2D eigenvalue weighted by molar-refractivity contribution is 7.13. The van der Waals surface area contributed by atoms with Gasteiger partial charge < -0.3 is 5.32 Å². The predicted octanol–water partition coefficient (Wildman–Crippen LogP) is 2.21. The molecule has 4 rings (SSSR count). The average molecular weight is 340 g/mol. The zero-order valence-corrected chi connectivity index (χ0v) is 14.4. The lowest BCUT2D eigenvalue weighted by Gasteiger charge is -2.11. The number of nitrogens with one attached hydrogen (secondary N) is 1. The van der Waals surface area contributed by atoms with Crippen molar-refractivity contribution in [1.82, 2.24) is 34.3 Å². The van der Waals surface area contributed by atoms with E-state index in [9.17, 15) is 0 Å². The first-order valence-electron chi connectivity index (χ1n) is 7.47. The van der Waals surface area contributed by atoms with Crippen molar-refractivity contribution in [3.8, 4) is 10.7 Å². The molecule has 0 amide bonds. The molecule has 0 radical (unpaired) electrons. The first-order chi connectivity index (χ1) is 11.6. The van der Waals surface area contributed by atoms with Crippen LogP contribution in [0.3, 0.4) is 0 Å². The number of hydrogen-bond acceptors (Lipinski definition) is 7. The van der Waals surface area contributed by atoms with Crippen molar-refractivity contribution >= 4 is 22.9 Å². The Morgan fingerprint density at radius 3 is 2.92 bits per heavy atom.